The van der Waals surface area contributed by atoms with E-state index in [1.54, 1.807) is 18.5 Å². The fourth-order valence-corrected chi connectivity index (χ4v) is 5.67. The van der Waals surface area contributed by atoms with Crippen LogP contribution in [0.5, 0.6) is 0 Å². The summed E-state index contributed by atoms with van der Waals surface area (Å²) in [5.74, 6) is -0.236. The molecule has 0 bridgehead atoms. The number of nitrogens with one attached hydrogen (secondary N) is 1. The summed E-state index contributed by atoms with van der Waals surface area (Å²) >= 11 is 8.00. The Morgan fingerprint density at radius 1 is 1.29 bits per heavy atom. The van der Waals surface area contributed by atoms with Crippen molar-refractivity contribution in [1.82, 2.24) is 9.78 Å². The summed E-state index contributed by atoms with van der Waals surface area (Å²) in [5.41, 5.74) is 3.05. The van der Waals surface area contributed by atoms with E-state index in [2.05, 4.69) is 17.3 Å². The number of halogens is 1. The number of esters is 1. The van der Waals surface area contributed by atoms with Gasteiger partial charge in [-0.15, -0.1) is 11.3 Å². The molecule has 8 heteroatoms. The van der Waals surface area contributed by atoms with Gasteiger partial charge in [-0.3, -0.25) is 4.79 Å². The van der Waals surface area contributed by atoms with Gasteiger partial charge >= 0.3 is 5.97 Å². The Morgan fingerprint density at radius 3 is 2.74 bits per heavy atom. The highest BCUT2D eigenvalue weighted by atomic mass is 35.5. The van der Waals surface area contributed by atoms with Crippen LogP contribution in [0.15, 0.2) is 30.3 Å². The number of rotatable bonds is 5. The first-order valence-electron chi connectivity index (χ1n) is 10.3. The lowest BCUT2D eigenvalue weighted by molar-refractivity contribution is 0.0526. The molecule has 6 nitrogen and oxygen atoms in total. The normalized spacial score (nSPS) is 15.4. The van der Waals surface area contributed by atoms with Crippen molar-refractivity contribution >= 4 is 39.8 Å². The van der Waals surface area contributed by atoms with Gasteiger partial charge in [-0.1, -0.05) is 36.7 Å². The molecule has 2 heterocycles. The SMILES string of the molecule is CCOC(=O)c1c(NC(=O)c2c(C)nn(-c3ccccc3)c2Cl)sc2c1CC[C@H](C)C2. The lowest BCUT2D eigenvalue weighted by atomic mass is 9.88. The number of thiophene rings is 1. The molecule has 0 unspecified atom stereocenters. The Kier molecular flexibility index (Phi) is 6.16. The van der Waals surface area contributed by atoms with Gasteiger partial charge in [-0.05, 0) is 56.7 Å². The molecule has 0 radical (unpaired) electrons. The molecule has 2 aromatic heterocycles. The first kappa shape index (κ1) is 21.6. The van der Waals surface area contributed by atoms with Gasteiger partial charge < -0.3 is 10.1 Å². The van der Waals surface area contributed by atoms with Crippen molar-refractivity contribution in [1.29, 1.82) is 0 Å². The number of aromatic nitrogens is 2. The standard InChI is InChI=1S/C23H24ClN3O3S/c1-4-30-23(29)19-16-11-10-13(2)12-17(16)31-22(19)25-21(28)18-14(3)26-27(20(18)24)15-8-6-5-7-9-15/h5-9,13H,4,10-12H2,1-3H3,(H,25,28)/t13-/m0/s1. The summed E-state index contributed by atoms with van der Waals surface area (Å²) in [5, 5.41) is 8.12. The number of anilines is 1. The average molecular weight is 458 g/mol. The third-order valence-corrected chi connectivity index (χ3v) is 6.97. The molecule has 4 rings (SSSR count). The lowest BCUT2D eigenvalue weighted by Crippen LogP contribution is -2.17. The van der Waals surface area contributed by atoms with Crippen molar-refractivity contribution in [3.8, 4) is 5.69 Å². The van der Waals surface area contributed by atoms with Crippen molar-refractivity contribution in [3.05, 3.63) is 62.7 Å². The largest absolute Gasteiger partial charge is 0.462 e. The predicted molar refractivity (Wildman–Crippen MR) is 123 cm³/mol. The van der Waals surface area contributed by atoms with Crippen molar-refractivity contribution in [2.45, 2.75) is 40.0 Å². The van der Waals surface area contributed by atoms with E-state index in [1.807, 2.05) is 30.3 Å². The molecule has 1 atom stereocenters. The molecule has 3 aromatic rings. The maximum absolute atomic E-state index is 13.2. The van der Waals surface area contributed by atoms with Crippen LogP contribution < -0.4 is 5.32 Å². The number of benzene rings is 1. The van der Waals surface area contributed by atoms with Crippen LogP contribution in [0.3, 0.4) is 0 Å². The van der Waals surface area contributed by atoms with Gasteiger partial charge in [-0.2, -0.15) is 5.10 Å². The van der Waals surface area contributed by atoms with Gasteiger partial charge in [0.2, 0.25) is 0 Å². The van der Waals surface area contributed by atoms with Crippen molar-refractivity contribution < 1.29 is 14.3 Å². The minimum absolute atomic E-state index is 0.230. The van der Waals surface area contributed by atoms with Crippen LogP contribution in [0.25, 0.3) is 5.69 Å². The molecular formula is C23H24ClN3O3S. The first-order valence-corrected chi connectivity index (χ1v) is 11.5. The minimum atomic E-state index is -0.396. The molecule has 0 saturated carbocycles. The molecule has 0 saturated heterocycles. The number of hydrogen-bond donors (Lipinski definition) is 1. The highest BCUT2D eigenvalue weighted by Gasteiger charge is 2.30. The summed E-state index contributed by atoms with van der Waals surface area (Å²) in [6.07, 6.45) is 2.72. The smallest absolute Gasteiger partial charge is 0.341 e. The van der Waals surface area contributed by atoms with E-state index in [1.165, 1.54) is 11.3 Å². The third-order valence-electron chi connectivity index (χ3n) is 5.45. The highest BCUT2D eigenvalue weighted by molar-refractivity contribution is 7.17. The second-order valence-electron chi connectivity index (χ2n) is 7.73. The minimum Gasteiger partial charge on any atom is -0.462 e. The molecule has 1 amide bonds. The number of amides is 1. The first-order chi connectivity index (χ1) is 14.9. The van der Waals surface area contributed by atoms with E-state index < -0.39 is 5.97 Å². The average Bonchev–Trinajstić information content (AvgIpc) is 3.24. The Bertz CT molecular complexity index is 1140. The van der Waals surface area contributed by atoms with Gasteiger partial charge in [0.15, 0.2) is 0 Å². The number of carbonyl (C=O) groups excluding carboxylic acids is 2. The molecular weight excluding hydrogens is 434 g/mol. The predicted octanol–water partition coefficient (Wildman–Crippen LogP) is 5.45. The maximum atomic E-state index is 13.2. The summed E-state index contributed by atoms with van der Waals surface area (Å²) in [6.45, 7) is 6.00. The number of aryl methyl sites for hydroxylation is 1. The Labute approximate surface area is 190 Å². The lowest BCUT2D eigenvalue weighted by Gasteiger charge is -2.18. The number of para-hydroxylation sites is 1. The van der Waals surface area contributed by atoms with Gasteiger partial charge in [0, 0.05) is 4.88 Å². The summed E-state index contributed by atoms with van der Waals surface area (Å²) in [4.78, 5) is 27.1. The third kappa shape index (κ3) is 4.12. The molecule has 0 spiro atoms. The van der Waals surface area contributed by atoms with E-state index in [0.29, 0.717) is 27.7 Å². The van der Waals surface area contributed by atoms with Gasteiger partial charge in [-0.25, -0.2) is 9.48 Å². The summed E-state index contributed by atoms with van der Waals surface area (Å²) < 4.78 is 6.83. The van der Waals surface area contributed by atoms with Crippen LogP contribution in [0.4, 0.5) is 5.00 Å². The van der Waals surface area contributed by atoms with Crippen LogP contribution in [0, 0.1) is 12.8 Å². The van der Waals surface area contributed by atoms with Crippen molar-refractivity contribution in [3.63, 3.8) is 0 Å². The van der Waals surface area contributed by atoms with E-state index in [-0.39, 0.29) is 17.7 Å². The van der Waals surface area contributed by atoms with Gasteiger partial charge in [0.25, 0.3) is 5.91 Å². The number of fused-ring (bicyclic) bond motifs is 1. The number of nitrogens with zero attached hydrogens (tertiary/aromatic N) is 2. The van der Waals surface area contributed by atoms with Crippen LogP contribution in [0.1, 0.15) is 57.1 Å². The second-order valence-corrected chi connectivity index (χ2v) is 9.19. The summed E-state index contributed by atoms with van der Waals surface area (Å²) in [7, 11) is 0. The fourth-order valence-electron chi connectivity index (χ4n) is 3.92. The van der Waals surface area contributed by atoms with E-state index in [0.717, 1.165) is 35.4 Å². The highest BCUT2D eigenvalue weighted by Crippen LogP contribution is 2.40. The Hall–Kier alpha value is -2.64. The van der Waals surface area contributed by atoms with Crippen LogP contribution in [-0.2, 0) is 17.6 Å². The van der Waals surface area contributed by atoms with E-state index in [9.17, 15) is 9.59 Å². The zero-order chi connectivity index (χ0) is 22.1. The number of ether oxygens (including phenoxy) is 1. The van der Waals surface area contributed by atoms with E-state index in [4.69, 9.17) is 16.3 Å². The Morgan fingerprint density at radius 2 is 2.03 bits per heavy atom. The Balaban J connectivity index is 1.70. The molecule has 1 aliphatic carbocycles. The van der Waals surface area contributed by atoms with Crippen LogP contribution in [-0.4, -0.2) is 28.3 Å². The quantitative estimate of drug-likeness (QED) is 0.517. The molecule has 1 aliphatic rings. The second kappa shape index (κ2) is 8.85. The zero-order valence-electron chi connectivity index (χ0n) is 17.7. The maximum Gasteiger partial charge on any atom is 0.341 e. The molecule has 162 valence electrons. The topological polar surface area (TPSA) is 73.2 Å². The molecule has 1 N–H and O–H groups in total. The molecule has 0 fully saturated rings. The number of carbonyl (C=O) groups is 2. The monoisotopic (exact) mass is 457 g/mol. The van der Waals surface area contributed by atoms with Gasteiger partial charge in [0.1, 0.15) is 15.7 Å². The zero-order valence-corrected chi connectivity index (χ0v) is 19.3. The van der Waals surface area contributed by atoms with Crippen LogP contribution >= 0.6 is 22.9 Å². The van der Waals surface area contributed by atoms with Crippen LogP contribution in [0.2, 0.25) is 5.15 Å². The molecule has 1 aromatic carbocycles. The molecule has 0 aliphatic heterocycles. The fraction of sp³-hybridized carbons (Fsp3) is 0.348. The van der Waals surface area contributed by atoms with E-state index >= 15 is 0 Å². The van der Waals surface area contributed by atoms with Gasteiger partial charge in [0.05, 0.1) is 23.6 Å². The summed E-state index contributed by atoms with van der Waals surface area (Å²) in [6, 6.07) is 9.40. The van der Waals surface area contributed by atoms with Crippen molar-refractivity contribution in [2.24, 2.45) is 5.92 Å². The number of hydrogen-bond acceptors (Lipinski definition) is 5. The van der Waals surface area contributed by atoms with Crippen molar-refractivity contribution in [2.75, 3.05) is 11.9 Å². The molecule has 31 heavy (non-hydrogen) atoms.